The Hall–Kier alpha value is -2.38. The van der Waals surface area contributed by atoms with Gasteiger partial charge in [-0.3, -0.25) is 9.55 Å². The number of rotatable bonds is 6. The third-order valence-electron chi connectivity index (χ3n) is 3.91. The lowest BCUT2D eigenvalue weighted by Crippen LogP contribution is -2.27. The Labute approximate surface area is 138 Å². The topological polar surface area (TPSA) is 63.0 Å². The first-order chi connectivity index (χ1) is 11.6. The molecule has 1 aromatic carbocycles. The van der Waals surface area contributed by atoms with Gasteiger partial charge in [0.1, 0.15) is 5.82 Å². The largest absolute Gasteiger partial charge is 0.387 e. The van der Waals surface area contributed by atoms with Crippen LogP contribution in [0.5, 0.6) is 0 Å². The summed E-state index contributed by atoms with van der Waals surface area (Å²) in [4.78, 5) is 8.21. The Morgan fingerprint density at radius 1 is 1.17 bits per heavy atom. The molecular weight excluding hydrogens is 314 g/mol. The van der Waals surface area contributed by atoms with Gasteiger partial charge >= 0.3 is 6.55 Å². The summed E-state index contributed by atoms with van der Waals surface area (Å²) in [6, 6.07) is 9.78. The summed E-state index contributed by atoms with van der Waals surface area (Å²) in [5.74, 6) is 0.244. The second-order valence-corrected chi connectivity index (χ2v) is 5.53. The van der Waals surface area contributed by atoms with Crippen LogP contribution in [0.15, 0.2) is 48.8 Å². The molecule has 0 aliphatic rings. The number of aliphatic hydroxyl groups is 1. The zero-order valence-corrected chi connectivity index (χ0v) is 13.1. The van der Waals surface area contributed by atoms with Crippen LogP contribution in [-0.2, 0) is 0 Å². The maximum Gasteiger partial charge on any atom is 0.320 e. The lowest BCUT2D eigenvalue weighted by Gasteiger charge is -2.18. The normalized spacial score (nSPS) is 14.2. The molecule has 2 N–H and O–H groups in total. The molecule has 0 radical (unpaired) electrons. The fourth-order valence-corrected chi connectivity index (χ4v) is 2.66. The molecule has 0 bridgehead atoms. The van der Waals surface area contributed by atoms with E-state index in [1.165, 1.54) is 0 Å². The fraction of sp³-hybridized carbons (Fsp3) is 0.294. The predicted octanol–water partition coefficient (Wildman–Crippen LogP) is 3.21. The molecule has 2 heterocycles. The highest BCUT2D eigenvalue weighted by atomic mass is 19.3. The standard InChI is InChI=1S/C17H18F2N4O/c1-11(21-10-15(24)12-6-8-20-9-7-12)16-22-13-4-2-3-5-14(13)23(16)17(18)19/h2-9,11,15,17,21,24H,10H2,1H3/t11-,15+/m0/s1. The molecular formula is C17H18F2N4O. The van der Waals surface area contributed by atoms with Crippen LogP contribution in [0.1, 0.15) is 37.0 Å². The summed E-state index contributed by atoms with van der Waals surface area (Å²) in [5, 5.41) is 13.2. The molecule has 0 fully saturated rings. The molecule has 0 saturated heterocycles. The Morgan fingerprint density at radius 3 is 2.58 bits per heavy atom. The Kier molecular flexibility index (Phi) is 4.82. The van der Waals surface area contributed by atoms with E-state index in [-0.39, 0.29) is 12.4 Å². The zero-order chi connectivity index (χ0) is 17.1. The minimum Gasteiger partial charge on any atom is -0.387 e. The van der Waals surface area contributed by atoms with Crippen LogP contribution in [0.3, 0.4) is 0 Å². The van der Waals surface area contributed by atoms with Gasteiger partial charge < -0.3 is 10.4 Å². The van der Waals surface area contributed by atoms with E-state index >= 15 is 0 Å². The molecule has 5 nitrogen and oxygen atoms in total. The van der Waals surface area contributed by atoms with Gasteiger partial charge in [-0.15, -0.1) is 0 Å². The number of pyridine rings is 1. The van der Waals surface area contributed by atoms with Gasteiger partial charge in [-0.05, 0) is 36.8 Å². The minimum absolute atomic E-state index is 0.220. The number of hydrogen-bond acceptors (Lipinski definition) is 4. The van der Waals surface area contributed by atoms with Gasteiger partial charge in [-0.25, -0.2) is 4.98 Å². The van der Waals surface area contributed by atoms with Gasteiger partial charge in [-0.2, -0.15) is 8.78 Å². The van der Waals surface area contributed by atoms with Crippen molar-refractivity contribution in [2.24, 2.45) is 0 Å². The van der Waals surface area contributed by atoms with Crippen molar-refractivity contribution in [1.29, 1.82) is 0 Å². The van der Waals surface area contributed by atoms with Crippen molar-refractivity contribution in [2.75, 3.05) is 6.54 Å². The first-order valence-electron chi connectivity index (χ1n) is 7.64. The maximum absolute atomic E-state index is 13.5. The number of aromatic nitrogens is 3. The van der Waals surface area contributed by atoms with Gasteiger partial charge in [0.05, 0.1) is 23.2 Å². The molecule has 24 heavy (non-hydrogen) atoms. The number of alkyl halides is 2. The molecule has 2 atom stereocenters. The minimum atomic E-state index is -2.68. The van der Waals surface area contributed by atoms with Crippen molar-refractivity contribution in [2.45, 2.75) is 25.6 Å². The lowest BCUT2D eigenvalue weighted by atomic mass is 10.1. The highest BCUT2D eigenvalue weighted by Gasteiger charge is 2.22. The van der Waals surface area contributed by atoms with Crippen LogP contribution in [0, 0.1) is 0 Å². The first-order valence-corrected chi connectivity index (χ1v) is 7.64. The molecule has 0 saturated carbocycles. The number of fused-ring (bicyclic) bond motifs is 1. The highest BCUT2D eigenvalue weighted by molar-refractivity contribution is 5.76. The second kappa shape index (κ2) is 7.02. The summed E-state index contributed by atoms with van der Waals surface area (Å²) in [6.45, 7) is -0.710. The number of benzene rings is 1. The van der Waals surface area contributed by atoms with E-state index < -0.39 is 18.7 Å². The van der Waals surface area contributed by atoms with Crippen LogP contribution >= 0.6 is 0 Å². The molecule has 2 aromatic heterocycles. The van der Waals surface area contributed by atoms with Crippen LogP contribution in [0.4, 0.5) is 8.78 Å². The van der Waals surface area contributed by atoms with E-state index in [9.17, 15) is 13.9 Å². The molecule has 0 aliphatic carbocycles. The average molecular weight is 332 g/mol. The molecule has 0 aliphatic heterocycles. The van der Waals surface area contributed by atoms with Crippen LogP contribution in [-0.4, -0.2) is 26.2 Å². The summed E-state index contributed by atoms with van der Waals surface area (Å²) in [5.41, 5.74) is 1.63. The molecule has 0 spiro atoms. The van der Waals surface area contributed by atoms with E-state index in [0.29, 0.717) is 16.6 Å². The van der Waals surface area contributed by atoms with Gasteiger partial charge in [0, 0.05) is 18.9 Å². The number of imidazole rings is 1. The number of nitrogens with one attached hydrogen (secondary N) is 1. The molecule has 0 amide bonds. The average Bonchev–Trinajstić information content (AvgIpc) is 3.00. The van der Waals surface area contributed by atoms with Crippen molar-refractivity contribution in [3.63, 3.8) is 0 Å². The number of hydrogen-bond donors (Lipinski definition) is 2. The lowest BCUT2D eigenvalue weighted by molar-refractivity contribution is 0.0694. The Morgan fingerprint density at radius 2 is 1.88 bits per heavy atom. The Bertz CT molecular complexity index is 807. The summed E-state index contributed by atoms with van der Waals surface area (Å²) >= 11 is 0. The number of aliphatic hydroxyl groups excluding tert-OH is 1. The smallest absolute Gasteiger partial charge is 0.320 e. The first kappa shape index (κ1) is 16.5. The Balaban J connectivity index is 1.79. The molecule has 0 unspecified atom stereocenters. The second-order valence-electron chi connectivity index (χ2n) is 5.53. The SMILES string of the molecule is C[C@H](NC[C@@H](O)c1ccncc1)c1nc2ccccc2n1C(F)F. The fourth-order valence-electron chi connectivity index (χ4n) is 2.66. The van der Waals surface area contributed by atoms with Crippen LogP contribution in [0.25, 0.3) is 11.0 Å². The molecule has 126 valence electrons. The van der Waals surface area contributed by atoms with Crippen molar-refractivity contribution in [3.05, 3.63) is 60.2 Å². The number of nitrogens with zero attached hydrogens (tertiary/aromatic N) is 3. The van der Waals surface area contributed by atoms with Gasteiger partial charge in [-0.1, -0.05) is 12.1 Å². The monoisotopic (exact) mass is 332 g/mol. The van der Waals surface area contributed by atoms with Crippen LogP contribution in [0.2, 0.25) is 0 Å². The van der Waals surface area contributed by atoms with E-state index in [1.54, 1.807) is 55.7 Å². The predicted molar refractivity (Wildman–Crippen MR) is 86.6 cm³/mol. The summed E-state index contributed by atoms with van der Waals surface area (Å²) in [6.07, 6.45) is 2.44. The van der Waals surface area contributed by atoms with E-state index in [2.05, 4.69) is 15.3 Å². The molecule has 3 aromatic rings. The molecule has 3 rings (SSSR count). The van der Waals surface area contributed by atoms with E-state index in [0.717, 1.165) is 4.57 Å². The van der Waals surface area contributed by atoms with Gasteiger partial charge in [0.15, 0.2) is 0 Å². The third-order valence-corrected chi connectivity index (χ3v) is 3.91. The summed E-state index contributed by atoms with van der Waals surface area (Å²) in [7, 11) is 0. The summed E-state index contributed by atoms with van der Waals surface area (Å²) < 4.78 is 27.8. The zero-order valence-electron chi connectivity index (χ0n) is 13.1. The number of halogens is 2. The third kappa shape index (κ3) is 3.27. The van der Waals surface area contributed by atoms with Crippen LogP contribution < -0.4 is 5.32 Å². The van der Waals surface area contributed by atoms with Crippen molar-refractivity contribution in [1.82, 2.24) is 19.9 Å². The van der Waals surface area contributed by atoms with Gasteiger partial charge in [0.25, 0.3) is 0 Å². The maximum atomic E-state index is 13.5. The highest BCUT2D eigenvalue weighted by Crippen LogP contribution is 2.26. The van der Waals surface area contributed by atoms with E-state index in [4.69, 9.17) is 0 Å². The van der Waals surface area contributed by atoms with Crippen molar-refractivity contribution >= 4 is 11.0 Å². The molecule has 7 heteroatoms. The van der Waals surface area contributed by atoms with Crippen molar-refractivity contribution < 1.29 is 13.9 Å². The van der Waals surface area contributed by atoms with E-state index in [1.807, 2.05) is 0 Å². The van der Waals surface area contributed by atoms with Gasteiger partial charge in [0.2, 0.25) is 0 Å². The quantitative estimate of drug-likeness (QED) is 0.727. The number of para-hydroxylation sites is 2. The van der Waals surface area contributed by atoms with Crippen molar-refractivity contribution in [3.8, 4) is 0 Å².